The summed E-state index contributed by atoms with van der Waals surface area (Å²) >= 11 is 5.68. The van der Waals surface area contributed by atoms with Gasteiger partial charge in [0.15, 0.2) is 0 Å². The Balaban J connectivity index is 3.14. The van der Waals surface area contributed by atoms with Gasteiger partial charge in [-0.3, -0.25) is 0 Å². The average Bonchev–Trinajstić information content (AvgIpc) is 2.29. The fourth-order valence-corrected chi connectivity index (χ4v) is 2.04. The van der Waals surface area contributed by atoms with Gasteiger partial charge in [0, 0.05) is 17.5 Å². The van der Waals surface area contributed by atoms with E-state index in [1.54, 1.807) is 7.11 Å². The molecule has 2 nitrogen and oxygen atoms in total. The Kier molecular flexibility index (Phi) is 4.84. The van der Waals surface area contributed by atoms with Crippen LogP contribution < -0.4 is 10.1 Å². The molecule has 0 aliphatic heterocycles. The zero-order chi connectivity index (χ0) is 13.1. The largest absolute Gasteiger partial charge is 0.496 e. The van der Waals surface area contributed by atoms with Gasteiger partial charge in [0.05, 0.1) is 13.1 Å². The molecule has 0 atom stereocenters. The fraction of sp³-hybridized carbons (Fsp3) is 0.571. The molecule has 1 rings (SSSR count). The van der Waals surface area contributed by atoms with E-state index >= 15 is 0 Å². The molecular weight excluding hydrogens is 234 g/mol. The molecule has 1 N–H and O–H groups in total. The van der Waals surface area contributed by atoms with Crippen LogP contribution in [0.5, 0.6) is 5.75 Å². The SMILES string of the molecule is COc1cc(C)c(C)cc1C(C)(C)CNCCl. The number of rotatable bonds is 5. The van der Waals surface area contributed by atoms with Crippen LogP contribution in [0.25, 0.3) is 0 Å². The van der Waals surface area contributed by atoms with Gasteiger partial charge in [-0.25, -0.2) is 0 Å². The maximum Gasteiger partial charge on any atom is 0.122 e. The highest BCUT2D eigenvalue weighted by Gasteiger charge is 2.24. The number of nitrogens with one attached hydrogen (secondary N) is 1. The molecular formula is C14H22ClNO. The zero-order valence-electron chi connectivity index (χ0n) is 11.4. The van der Waals surface area contributed by atoms with Crippen molar-refractivity contribution in [2.24, 2.45) is 0 Å². The molecule has 3 heteroatoms. The van der Waals surface area contributed by atoms with Gasteiger partial charge in [-0.1, -0.05) is 19.9 Å². The standard InChI is InChI=1S/C14H22ClNO/c1-10-6-12(13(17-5)7-11(10)2)14(3,4)8-16-9-15/h6-7,16H,8-9H2,1-5H3. The monoisotopic (exact) mass is 255 g/mol. The third-order valence-electron chi connectivity index (χ3n) is 3.21. The molecule has 0 heterocycles. The molecule has 0 aliphatic rings. The molecule has 0 unspecified atom stereocenters. The Morgan fingerprint density at radius 3 is 2.35 bits per heavy atom. The second-order valence-corrected chi connectivity index (χ2v) is 5.35. The van der Waals surface area contributed by atoms with Crippen LogP contribution >= 0.6 is 11.6 Å². The minimum absolute atomic E-state index is 0.00130. The van der Waals surface area contributed by atoms with Gasteiger partial charge >= 0.3 is 0 Å². The molecule has 0 saturated heterocycles. The topological polar surface area (TPSA) is 21.3 Å². The predicted molar refractivity (Wildman–Crippen MR) is 74.2 cm³/mol. The Hall–Kier alpha value is -0.730. The highest BCUT2D eigenvalue weighted by Crippen LogP contribution is 2.33. The fourth-order valence-electron chi connectivity index (χ4n) is 1.94. The highest BCUT2D eigenvalue weighted by molar-refractivity contribution is 6.17. The molecule has 17 heavy (non-hydrogen) atoms. The van der Waals surface area contributed by atoms with Crippen LogP contribution in [-0.2, 0) is 5.41 Å². The number of benzene rings is 1. The molecule has 0 fully saturated rings. The zero-order valence-corrected chi connectivity index (χ0v) is 12.1. The lowest BCUT2D eigenvalue weighted by atomic mass is 9.82. The van der Waals surface area contributed by atoms with E-state index in [-0.39, 0.29) is 5.41 Å². The molecule has 0 aliphatic carbocycles. The summed E-state index contributed by atoms with van der Waals surface area (Å²) in [5, 5.41) is 3.18. The van der Waals surface area contributed by atoms with Crippen molar-refractivity contribution in [2.45, 2.75) is 33.1 Å². The first-order valence-corrected chi connectivity index (χ1v) is 6.38. The molecule has 0 amide bonds. The quantitative estimate of drug-likeness (QED) is 0.643. The van der Waals surface area contributed by atoms with Crippen molar-refractivity contribution in [3.63, 3.8) is 0 Å². The number of aryl methyl sites for hydroxylation is 2. The number of alkyl halides is 1. The maximum atomic E-state index is 5.68. The van der Waals surface area contributed by atoms with Gasteiger partial charge in [-0.05, 0) is 31.0 Å². The number of hydrogen-bond acceptors (Lipinski definition) is 2. The van der Waals surface area contributed by atoms with E-state index in [4.69, 9.17) is 16.3 Å². The first-order chi connectivity index (χ1) is 7.92. The van der Waals surface area contributed by atoms with E-state index in [1.807, 2.05) is 0 Å². The van der Waals surface area contributed by atoms with E-state index in [0.717, 1.165) is 12.3 Å². The summed E-state index contributed by atoms with van der Waals surface area (Å²) < 4.78 is 5.49. The van der Waals surface area contributed by atoms with Crippen molar-refractivity contribution in [3.05, 3.63) is 28.8 Å². The molecule has 1 aromatic rings. The van der Waals surface area contributed by atoms with Gasteiger partial charge < -0.3 is 10.1 Å². The molecule has 96 valence electrons. The van der Waals surface area contributed by atoms with Crippen LogP contribution in [0.2, 0.25) is 0 Å². The van der Waals surface area contributed by atoms with Gasteiger partial charge in [0.25, 0.3) is 0 Å². The van der Waals surface area contributed by atoms with Gasteiger partial charge in [0.2, 0.25) is 0 Å². The molecule has 0 bridgehead atoms. The third kappa shape index (κ3) is 3.36. The Morgan fingerprint density at radius 2 is 1.82 bits per heavy atom. The summed E-state index contributed by atoms with van der Waals surface area (Å²) in [4.78, 5) is 0. The first-order valence-electron chi connectivity index (χ1n) is 5.84. The summed E-state index contributed by atoms with van der Waals surface area (Å²) in [6.45, 7) is 9.45. The Bertz CT molecular complexity index is 388. The number of methoxy groups -OCH3 is 1. The maximum absolute atomic E-state index is 5.68. The van der Waals surface area contributed by atoms with Crippen molar-refractivity contribution in [1.82, 2.24) is 5.32 Å². The summed E-state index contributed by atoms with van der Waals surface area (Å²) in [5.41, 5.74) is 3.77. The van der Waals surface area contributed by atoms with Crippen molar-refractivity contribution < 1.29 is 4.74 Å². The lowest BCUT2D eigenvalue weighted by molar-refractivity contribution is 0.387. The van der Waals surface area contributed by atoms with Crippen LogP contribution in [0.3, 0.4) is 0 Å². The van der Waals surface area contributed by atoms with Crippen molar-refractivity contribution in [2.75, 3.05) is 19.7 Å². The smallest absolute Gasteiger partial charge is 0.122 e. The second-order valence-electron chi connectivity index (χ2n) is 5.08. The highest BCUT2D eigenvalue weighted by atomic mass is 35.5. The second kappa shape index (κ2) is 5.74. The summed E-state index contributed by atoms with van der Waals surface area (Å²) in [6, 6.07) is 4.79. The minimum Gasteiger partial charge on any atom is -0.496 e. The van der Waals surface area contributed by atoms with E-state index < -0.39 is 0 Å². The number of ether oxygens (including phenoxy) is 1. The predicted octanol–water partition coefficient (Wildman–Crippen LogP) is 3.38. The van der Waals surface area contributed by atoms with Crippen molar-refractivity contribution in [3.8, 4) is 5.75 Å². The third-order valence-corrected chi connectivity index (χ3v) is 3.40. The normalized spacial score (nSPS) is 11.6. The van der Waals surface area contributed by atoms with Crippen LogP contribution in [-0.4, -0.2) is 19.7 Å². The van der Waals surface area contributed by atoms with Crippen molar-refractivity contribution >= 4 is 11.6 Å². The molecule has 0 radical (unpaired) electrons. The summed E-state index contributed by atoms with van der Waals surface area (Å²) in [6.07, 6.45) is 0. The van der Waals surface area contributed by atoms with E-state index in [2.05, 4.69) is 45.1 Å². The van der Waals surface area contributed by atoms with Gasteiger partial charge in [-0.2, -0.15) is 0 Å². The van der Waals surface area contributed by atoms with E-state index in [1.165, 1.54) is 16.7 Å². The van der Waals surface area contributed by atoms with Crippen LogP contribution in [0.1, 0.15) is 30.5 Å². The summed E-state index contributed by atoms with van der Waals surface area (Å²) in [5.74, 6) is 0.953. The molecule has 1 aromatic carbocycles. The average molecular weight is 256 g/mol. The van der Waals surface area contributed by atoms with Crippen molar-refractivity contribution in [1.29, 1.82) is 0 Å². The molecule has 0 aromatic heterocycles. The van der Waals surface area contributed by atoms with Crippen LogP contribution in [0.15, 0.2) is 12.1 Å². The lowest BCUT2D eigenvalue weighted by Gasteiger charge is -2.28. The molecule has 0 saturated carbocycles. The summed E-state index contributed by atoms with van der Waals surface area (Å²) in [7, 11) is 1.72. The number of halogens is 1. The lowest BCUT2D eigenvalue weighted by Crippen LogP contribution is -2.32. The van der Waals surface area contributed by atoms with Crippen LogP contribution in [0.4, 0.5) is 0 Å². The first kappa shape index (κ1) is 14.3. The van der Waals surface area contributed by atoms with Gasteiger partial charge in [0.1, 0.15) is 5.75 Å². The van der Waals surface area contributed by atoms with Crippen LogP contribution in [0, 0.1) is 13.8 Å². The minimum atomic E-state index is -0.00130. The molecule has 0 spiro atoms. The Labute approximate surface area is 109 Å². The van der Waals surface area contributed by atoms with E-state index in [9.17, 15) is 0 Å². The Morgan fingerprint density at radius 1 is 1.24 bits per heavy atom. The van der Waals surface area contributed by atoms with Gasteiger partial charge in [-0.15, -0.1) is 11.6 Å². The number of hydrogen-bond donors (Lipinski definition) is 1. The van der Waals surface area contributed by atoms with E-state index in [0.29, 0.717) is 6.00 Å².